The third kappa shape index (κ3) is 5.06. The highest BCUT2D eigenvalue weighted by molar-refractivity contribution is 14.3. The molecule has 0 spiro atoms. The highest BCUT2D eigenvalue weighted by Gasteiger charge is 1.86. The maximum atomic E-state index is 4.18. The van der Waals surface area contributed by atoms with Crippen LogP contribution in [0, 0.1) is 0 Å². The molecule has 0 aliphatic carbocycles. The average Bonchev–Trinajstić information content (AvgIpc) is 2.17. The number of hydrogen-bond acceptors (Lipinski definition) is 1. The fraction of sp³-hybridized carbons (Fsp3) is 0.100. The molecule has 4 heteroatoms. The number of benzene rings is 1. The highest BCUT2D eigenvalue weighted by Crippen LogP contribution is 2.16. The Morgan fingerprint density at radius 2 is 1.50 bits per heavy atom. The highest BCUT2D eigenvalue weighted by atomic mass is 127. The lowest BCUT2D eigenvalue weighted by molar-refractivity contribution is 1.41. The van der Waals surface area contributed by atoms with Gasteiger partial charge in [-0.2, -0.15) is 0 Å². The summed E-state index contributed by atoms with van der Waals surface area (Å²) in [4.78, 5) is 4.18. The van der Waals surface area contributed by atoms with Crippen LogP contribution in [-0.2, 0) is 0 Å². The third-order valence-corrected chi connectivity index (χ3v) is 1.51. The molecular weight excluding hydrogens is 515 g/mol. The first kappa shape index (κ1) is 12.9. The first-order chi connectivity index (χ1) is 6.70. The summed E-state index contributed by atoms with van der Waals surface area (Å²) >= 11 is 6.95. The summed E-state index contributed by atoms with van der Waals surface area (Å²) in [6, 6.07) is 12.1. The maximum Gasteiger partial charge on any atom is 0.114 e. The molecule has 0 aliphatic heterocycles. The minimum Gasteiger partial charge on any atom is -0.256 e. The summed E-state index contributed by atoms with van der Waals surface area (Å²) in [7, 11) is 0. The average molecular weight is 523 g/mol. The fourth-order valence-electron chi connectivity index (χ4n) is 1.02. The van der Waals surface area contributed by atoms with Crippen molar-refractivity contribution in [1.29, 1.82) is 0 Å². The quantitative estimate of drug-likeness (QED) is 0.357. The Balaban J connectivity index is 0.000000213. The SMILES string of the molecule is IC(I)I.c1ccc2ncccc2c1. The fourth-order valence-corrected chi connectivity index (χ4v) is 1.02. The smallest absolute Gasteiger partial charge is 0.114 e. The van der Waals surface area contributed by atoms with E-state index in [0.717, 1.165) is 5.45 Å². The van der Waals surface area contributed by atoms with Crippen LogP contribution in [0.3, 0.4) is 0 Å². The monoisotopic (exact) mass is 523 g/mol. The van der Waals surface area contributed by atoms with Gasteiger partial charge in [-0.15, -0.1) is 0 Å². The molecule has 0 bridgehead atoms. The Morgan fingerprint density at radius 3 is 2.14 bits per heavy atom. The normalized spacial score (nSPS) is 9.71. The molecule has 2 aromatic rings. The lowest BCUT2D eigenvalue weighted by atomic mass is 10.2. The maximum absolute atomic E-state index is 4.18. The molecule has 2 rings (SSSR count). The molecular formula is C10H8I3N. The summed E-state index contributed by atoms with van der Waals surface area (Å²) in [5, 5.41) is 1.20. The lowest BCUT2D eigenvalue weighted by Crippen LogP contribution is -1.73. The van der Waals surface area contributed by atoms with Crippen LogP contribution >= 0.6 is 67.8 Å². The van der Waals surface area contributed by atoms with E-state index < -0.39 is 0 Å². The molecule has 0 saturated carbocycles. The molecule has 0 radical (unpaired) electrons. The van der Waals surface area contributed by atoms with Crippen LogP contribution in [0.5, 0.6) is 0 Å². The minimum atomic E-state index is 0.743. The molecule has 0 atom stereocenters. The predicted molar refractivity (Wildman–Crippen MR) is 87.6 cm³/mol. The van der Waals surface area contributed by atoms with Crippen molar-refractivity contribution in [3.05, 3.63) is 42.6 Å². The number of rotatable bonds is 0. The number of halogens is 3. The van der Waals surface area contributed by atoms with Crippen LogP contribution in [0.15, 0.2) is 42.6 Å². The van der Waals surface area contributed by atoms with Gasteiger partial charge in [0.1, 0.15) is -0.0619 Å². The molecule has 0 fully saturated rings. The van der Waals surface area contributed by atoms with Crippen molar-refractivity contribution < 1.29 is 0 Å². The molecule has 1 heterocycles. The molecule has 14 heavy (non-hydrogen) atoms. The lowest BCUT2D eigenvalue weighted by Gasteiger charge is -1.91. The van der Waals surface area contributed by atoms with Crippen molar-refractivity contribution in [2.45, 2.75) is -0.0619 Å². The van der Waals surface area contributed by atoms with E-state index in [1.165, 1.54) is 5.39 Å². The van der Waals surface area contributed by atoms with Crippen molar-refractivity contribution in [3.63, 3.8) is 0 Å². The second-order valence-corrected chi connectivity index (χ2v) is 13.3. The van der Waals surface area contributed by atoms with Crippen LogP contribution in [-0.4, -0.2) is 4.92 Å². The number of alkyl halides is 3. The van der Waals surface area contributed by atoms with Crippen molar-refractivity contribution in [3.8, 4) is 0 Å². The van der Waals surface area contributed by atoms with E-state index in [2.05, 4.69) is 84.9 Å². The molecule has 1 aromatic carbocycles. The van der Waals surface area contributed by atoms with Gasteiger partial charge < -0.3 is 0 Å². The van der Waals surface area contributed by atoms with E-state index >= 15 is 0 Å². The first-order valence-corrected chi connectivity index (χ1v) is 7.66. The minimum absolute atomic E-state index is 0.743. The Hall–Kier alpha value is 0.820. The van der Waals surface area contributed by atoms with E-state index in [0.29, 0.717) is 0 Å². The van der Waals surface area contributed by atoms with E-state index in [1.807, 2.05) is 30.5 Å². The number of fused-ring (bicyclic) bond motifs is 1. The molecule has 0 amide bonds. The van der Waals surface area contributed by atoms with Gasteiger partial charge in [-0.05, 0) is 12.1 Å². The van der Waals surface area contributed by atoms with E-state index in [9.17, 15) is 0 Å². The second kappa shape index (κ2) is 7.15. The van der Waals surface area contributed by atoms with Crippen LogP contribution in [0.1, 0.15) is 0 Å². The van der Waals surface area contributed by atoms with Crippen molar-refractivity contribution in [2.75, 3.05) is 0 Å². The number of para-hydroxylation sites is 1. The van der Waals surface area contributed by atoms with Gasteiger partial charge in [0.2, 0.25) is 0 Å². The molecule has 0 N–H and O–H groups in total. The molecule has 0 saturated heterocycles. The largest absolute Gasteiger partial charge is 0.256 e. The third-order valence-electron chi connectivity index (χ3n) is 1.51. The zero-order valence-electron chi connectivity index (χ0n) is 7.20. The van der Waals surface area contributed by atoms with Gasteiger partial charge in [0.05, 0.1) is 5.52 Å². The summed E-state index contributed by atoms with van der Waals surface area (Å²) in [5.41, 5.74) is 1.06. The number of hydrogen-bond donors (Lipinski definition) is 0. The van der Waals surface area contributed by atoms with Crippen LogP contribution in [0.25, 0.3) is 10.9 Å². The molecule has 0 unspecified atom stereocenters. The summed E-state index contributed by atoms with van der Waals surface area (Å²) < 4.78 is 0.743. The Bertz CT molecular complexity index is 322. The van der Waals surface area contributed by atoms with Gasteiger partial charge in [0, 0.05) is 11.6 Å². The zero-order valence-corrected chi connectivity index (χ0v) is 13.7. The van der Waals surface area contributed by atoms with Gasteiger partial charge in [-0.1, -0.05) is 92.0 Å². The Morgan fingerprint density at radius 1 is 0.929 bits per heavy atom. The number of aromatic nitrogens is 1. The van der Waals surface area contributed by atoms with Crippen LogP contribution in [0.2, 0.25) is 0 Å². The Kier molecular flexibility index (Phi) is 6.58. The second-order valence-electron chi connectivity index (χ2n) is 2.44. The molecule has 1 nitrogen and oxygen atoms in total. The first-order valence-electron chi connectivity index (χ1n) is 3.92. The van der Waals surface area contributed by atoms with Gasteiger partial charge in [0.15, 0.2) is 0 Å². The van der Waals surface area contributed by atoms with Gasteiger partial charge in [-0.25, -0.2) is 0 Å². The van der Waals surface area contributed by atoms with E-state index in [-0.39, 0.29) is 0 Å². The van der Waals surface area contributed by atoms with E-state index in [4.69, 9.17) is 0 Å². The van der Waals surface area contributed by atoms with Gasteiger partial charge in [0.25, 0.3) is 0 Å². The van der Waals surface area contributed by atoms with Gasteiger partial charge >= 0.3 is 0 Å². The standard InChI is InChI=1S/C9H7N.CHI3/c1-2-6-9-8(4-1)5-3-7-10-9;2-1(3)4/h1-7H;1H. The number of pyridine rings is 1. The van der Waals surface area contributed by atoms with Gasteiger partial charge in [-0.3, -0.25) is 4.98 Å². The van der Waals surface area contributed by atoms with E-state index in [1.54, 1.807) is 0 Å². The number of nitrogens with zero attached hydrogens (tertiary/aromatic N) is 1. The van der Waals surface area contributed by atoms with Crippen molar-refractivity contribution in [1.82, 2.24) is 4.98 Å². The molecule has 1 aromatic heterocycles. The zero-order chi connectivity index (χ0) is 10.4. The summed E-state index contributed by atoms with van der Waals surface area (Å²) in [6.07, 6.45) is 1.81. The van der Waals surface area contributed by atoms with Crippen LogP contribution < -0.4 is 0 Å². The molecule has 74 valence electrons. The van der Waals surface area contributed by atoms with Crippen molar-refractivity contribution >= 4 is 78.7 Å². The summed E-state index contributed by atoms with van der Waals surface area (Å²) in [5.74, 6) is 0. The van der Waals surface area contributed by atoms with Crippen molar-refractivity contribution in [2.24, 2.45) is 0 Å². The Labute approximate surface area is 124 Å². The topological polar surface area (TPSA) is 12.9 Å². The molecule has 0 aliphatic rings. The predicted octanol–water partition coefficient (Wildman–Crippen LogP) is 4.81. The van der Waals surface area contributed by atoms with Crippen LogP contribution in [0.4, 0.5) is 0 Å². The summed E-state index contributed by atoms with van der Waals surface area (Å²) in [6.45, 7) is 0.